The number of carbonyl (C=O) groups excluding carboxylic acids is 1. The Morgan fingerprint density at radius 1 is 1.18 bits per heavy atom. The van der Waals surface area contributed by atoms with Crippen molar-refractivity contribution in [2.24, 2.45) is 0 Å². The zero-order valence-electron chi connectivity index (χ0n) is 21.0. The molecule has 0 aliphatic carbocycles. The normalized spacial score (nSPS) is 13.3. The van der Waals surface area contributed by atoms with E-state index in [4.69, 9.17) is 4.74 Å². The fourth-order valence-electron chi connectivity index (χ4n) is 3.25. The van der Waals surface area contributed by atoms with Crippen LogP contribution in [0.5, 0.6) is 0 Å². The second-order valence-corrected chi connectivity index (χ2v) is 8.67. The minimum Gasteiger partial charge on any atom is -0.369 e. The first kappa shape index (κ1) is 29.8. The van der Waals surface area contributed by atoms with E-state index in [9.17, 15) is 18.0 Å². The number of allylic oxidation sites excluding steroid dienone is 3. The molecule has 0 aliphatic rings. The summed E-state index contributed by atoms with van der Waals surface area (Å²) in [4.78, 5) is 16.2. The number of hydrogen-bond acceptors (Lipinski definition) is 4. The van der Waals surface area contributed by atoms with Gasteiger partial charge in [-0.05, 0) is 52.2 Å². The summed E-state index contributed by atoms with van der Waals surface area (Å²) < 4.78 is 44.3. The number of benzene rings is 1. The van der Waals surface area contributed by atoms with Crippen LogP contribution in [-0.4, -0.2) is 17.9 Å². The van der Waals surface area contributed by atoms with Crippen LogP contribution in [0, 0.1) is 6.92 Å². The molecule has 0 unspecified atom stereocenters. The van der Waals surface area contributed by atoms with E-state index in [1.165, 1.54) is 34.6 Å². The molecule has 0 N–H and O–H groups in total. The lowest BCUT2D eigenvalue weighted by Gasteiger charge is -2.10. The van der Waals surface area contributed by atoms with E-state index >= 15 is 0 Å². The van der Waals surface area contributed by atoms with Crippen molar-refractivity contribution in [2.45, 2.75) is 79.5 Å². The molecule has 7 heteroatoms. The molecule has 188 valence electrons. The molecule has 2 rings (SSSR count). The van der Waals surface area contributed by atoms with Crippen LogP contribution in [0.25, 0.3) is 10.6 Å². The fourth-order valence-corrected chi connectivity index (χ4v) is 4.32. The zero-order chi connectivity index (χ0) is 25.7. The minimum atomic E-state index is -4.35. The standard InChI is InChI=1S/C25H30F3NO2S.C2H6/c1-5-17(2)20(10-8-15-30)9-6-7-16-31-19(4)23-18(3)29-24(32-23)21-11-13-22(14-12-21)25(26,27)28;1-2/h6-7,11-15,19H,5,8-10,16H2,1-4H3;1-2H3/b7-6-,20-17+;/t19-;/m1./s1. The quantitative estimate of drug-likeness (QED) is 0.231. The van der Waals surface area contributed by atoms with Gasteiger partial charge >= 0.3 is 6.18 Å². The van der Waals surface area contributed by atoms with Crippen molar-refractivity contribution >= 4 is 17.6 Å². The van der Waals surface area contributed by atoms with Crippen LogP contribution in [0.4, 0.5) is 13.2 Å². The van der Waals surface area contributed by atoms with Crippen molar-refractivity contribution in [2.75, 3.05) is 6.61 Å². The average molecular weight is 496 g/mol. The molecule has 1 atom stereocenters. The number of aromatic nitrogens is 1. The van der Waals surface area contributed by atoms with E-state index in [-0.39, 0.29) is 6.10 Å². The molecule has 0 amide bonds. The number of ether oxygens (including phenoxy) is 1. The fraction of sp³-hybridized carbons (Fsp3) is 0.481. The molecule has 1 aromatic heterocycles. The Labute approximate surface area is 205 Å². The Morgan fingerprint density at radius 3 is 2.38 bits per heavy atom. The van der Waals surface area contributed by atoms with Gasteiger partial charge in [-0.15, -0.1) is 11.3 Å². The Bertz CT molecular complexity index is 944. The molecule has 0 bridgehead atoms. The second kappa shape index (κ2) is 14.9. The molecule has 1 aromatic carbocycles. The van der Waals surface area contributed by atoms with Crippen LogP contribution in [0.2, 0.25) is 0 Å². The highest BCUT2D eigenvalue weighted by molar-refractivity contribution is 7.15. The van der Waals surface area contributed by atoms with Gasteiger partial charge in [0.25, 0.3) is 0 Å². The number of rotatable bonds is 11. The first-order chi connectivity index (χ1) is 16.2. The van der Waals surface area contributed by atoms with Gasteiger partial charge in [0.05, 0.1) is 28.8 Å². The molecule has 3 nitrogen and oxygen atoms in total. The van der Waals surface area contributed by atoms with Crippen LogP contribution >= 0.6 is 11.3 Å². The van der Waals surface area contributed by atoms with Gasteiger partial charge in [0.1, 0.15) is 11.3 Å². The van der Waals surface area contributed by atoms with Crippen molar-refractivity contribution in [1.82, 2.24) is 4.98 Å². The first-order valence-electron chi connectivity index (χ1n) is 11.7. The molecule has 0 fully saturated rings. The van der Waals surface area contributed by atoms with E-state index in [0.717, 1.165) is 48.3 Å². The predicted molar refractivity (Wildman–Crippen MR) is 135 cm³/mol. The Hall–Kier alpha value is -2.25. The highest BCUT2D eigenvalue weighted by Gasteiger charge is 2.30. The molecule has 1 heterocycles. The summed E-state index contributed by atoms with van der Waals surface area (Å²) in [6.07, 6.45) is 3.59. The van der Waals surface area contributed by atoms with Crippen molar-refractivity contribution in [1.29, 1.82) is 0 Å². The minimum absolute atomic E-state index is 0.178. The number of alkyl halides is 3. The molecule has 0 saturated carbocycles. The summed E-state index contributed by atoms with van der Waals surface area (Å²) in [5, 5.41) is 0.678. The highest BCUT2D eigenvalue weighted by Crippen LogP contribution is 2.35. The van der Waals surface area contributed by atoms with Gasteiger partial charge < -0.3 is 9.53 Å². The van der Waals surface area contributed by atoms with Crippen LogP contribution in [0.1, 0.15) is 82.5 Å². The van der Waals surface area contributed by atoms with Gasteiger partial charge in [-0.3, -0.25) is 0 Å². The molecule has 2 aromatic rings. The molecule has 0 aliphatic heterocycles. The number of carbonyl (C=O) groups is 1. The van der Waals surface area contributed by atoms with Crippen molar-refractivity contribution in [3.05, 3.63) is 63.7 Å². The van der Waals surface area contributed by atoms with E-state index in [1.54, 1.807) is 0 Å². The first-order valence-corrected chi connectivity index (χ1v) is 12.5. The SMILES string of the molecule is CC.CC/C(C)=C(\C/C=C\CO[C@H](C)c1sc(-c2ccc(C(F)(F)F)cc2)nc1C)CCC=O. The molecular weight excluding hydrogens is 459 g/mol. The molecule has 0 spiro atoms. The third-order valence-electron chi connectivity index (χ3n) is 5.33. The summed E-state index contributed by atoms with van der Waals surface area (Å²) in [6, 6.07) is 5.06. The molecule has 0 radical (unpaired) electrons. The largest absolute Gasteiger partial charge is 0.416 e. The smallest absolute Gasteiger partial charge is 0.369 e. The van der Waals surface area contributed by atoms with Gasteiger partial charge in [0, 0.05) is 12.0 Å². The lowest BCUT2D eigenvalue weighted by molar-refractivity contribution is -0.137. The van der Waals surface area contributed by atoms with Crippen LogP contribution < -0.4 is 0 Å². The number of halogens is 3. The maximum Gasteiger partial charge on any atom is 0.416 e. The Morgan fingerprint density at radius 2 is 1.82 bits per heavy atom. The topological polar surface area (TPSA) is 39.2 Å². The van der Waals surface area contributed by atoms with Gasteiger partial charge in [-0.25, -0.2) is 4.98 Å². The molecule has 34 heavy (non-hydrogen) atoms. The third kappa shape index (κ3) is 9.18. The number of aldehydes is 1. The monoisotopic (exact) mass is 495 g/mol. The van der Waals surface area contributed by atoms with Gasteiger partial charge in [0.2, 0.25) is 0 Å². The summed E-state index contributed by atoms with van der Waals surface area (Å²) in [7, 11) is 0. The second-order valence-electron chi connectivity index (χ2n) is 7.64. The zero-order valence-corrected chi connectivity index (χ0v) is 21.8. The van der Waals surface area contributed by atoms with Gasteiger partial charge in [0.15, 0.2) is 0 Å². The summed E-state index contributed by atoms with van der Waals surface area (Å²) in [5.74, 6) is 0. The number of nitrogens with zero attached hydrogens (tertiary/aromatic N) is 1. The van der Waals surface area contributed by atoms with E-state index in [1.807, 2.05) is 33.8 Å². The van der Waals surface area contributed by atoms with Crippen LogP contribution in [0.3, 0.4) is 0 Å². The number of thiazole rings is 1. The van der Waals surface area contributed by atoms with Gasteiger partial charge in [-0.1, -0.05) is 56.2 Å². The van der Waals surface area contributed by atoms with Crippen molar-refractivity contribution < 1.29 is 22.7 Å². The summed E-state index contributed by atoms with van der Waals surface area (Å²) in [6.45, 7) is 12.5. The lowest BCUT2D eigenvalue weighted by atomic mass is 9.99. The number of aryl methyl sites for hydroxylation is 1. The Balaban J connectivity index is 0.00000281. The summed E-state index contributed by atoms with van der Waals surface area (Å²) in [5.41, 5.74) is 3.42. The molecular formula is C27H36F3NO2S. The van der Waals surface area contributed by atoms with Crippen LogP contribution in [0.15, 0.2) is 47.6 Å². The van der Waals surface area contributed by atoms with Crippen molar-refractivity contribution in [3.8, 4) is 10.6 Å². The predicted octanol–water partition coefficient (Wildman–Crippen LogP) is 8.89. The number of hydrogen-bond donors (Lipinski definition) is 0. The lowest BCUT2D eigenvalue weighted by Crippen LogP contribution is -2.03. The van der Waals surface area contributed by atoms with Crippen LogP contribution in [-0.2, 0) is 15.7 Å². The molecule has 0 saturated heterocycles. The summed E-state index contributed by atoms with van der Waals surface area (Å²) >= 11 is 1.44. The highest BCUT2D eigenvalue weighted by atomic mass is 32.1. The van der Waals surface area contributed by atoms with Crippen molar-refractivity contribution in [3.63, 3.8) is 0 Å². The van der Waals surface area contributed by atoms with E-state index < -0.39 is 11.7 Å². The Kier molecular flexibility index (Phi) is 13.0. The maximum atomic E-state index is 12.8. The average Bonchev–Trinajstić information content (AvgIpc) is 3.22. The van der Waals surface area contributed by atoms with E-state index in [2.05, 4.69) is 24.9 Å². The third-order valence-corrected chi connectivity index (χ3v) is 6.70. The maximum absolute atomic E-state index is 12.8. The van der Waals surface area contributed by atoms with Gasteiger partial charge in [-0.2, -0.15) is 13.2 Å². The van der Waals surface area contributed by atoms with E-state index in [0.29, 0.717) is 23.6 Å².